The molecule has 1 atom stereocenters. The highest BCUT2D eigenvalue weighted by atomic mass is 79.9. The van der Waals surface area contributed by atoms with E-state index >= 15 is 0 Å². The van der Waals surface area contributed by atoms with E-state index in [0.29, 0.717) is 10.2 Å². The van der Waals surface area contributed by atoms with Gasteiger partial charge in [0, 0.05) is 5.56 Å². The van der Waals surface area contributed by atoms with E-state index in [0.717, 1.165) is 12.1 Å². The summed E-state index contributed by atoms with van der Waals surface area (Å²) in [5.74, 6) is 4.04. The molecule has 108 valence electrons. The number of furan rings is 1. The molecule has 0 saturated heterocycles. The van der Waals surface area contributed by atoms with Crippen LogP contribution in [0.1, 0.15) is 22.7 Å². The van der Waals surface area contributed by atoms with Crippen LogP contribution in [-0.2, 0) is 6.18 Å². The van der Waals surface area contributed by atoms with Crippen LogP contribution in [0.15, 0.2) is 39.6 Å². The van der Waals surface area contributed by atoms with Gasteiger partial charge >= 0.3 is 6.18 Å². The van der Waals surface area contributed by atoms with Gasteiger partial charge in [0.2, 0.25) is 0 Å². The summed E-state index contributed by atoms with van der Waals surface area (Å²) < 4.78 is 56.7. The van der Waals surface area contributed by atoms with Crippen molar-refractivity contribution in [3.05, 3.63) is 57.7 Å². The first-order valence-electron chi connectivity index (χ1n) is 5.40. The fourth-order valence-corrected chi connectivity index (χ4v) is 2.28. The number of benzene rings is 1. The smallest absolute Gasteiger partial charge is 0.419 e. The van der Waals surface area contributed by atoms with Gasteiger partial charge in [-0.3, -0.25) is 5.84 Å². The Kier molecular flexibility index (Phi) is 4.17. The van der Waals surface area contributed by atoms with E-state index in [-0.39, 0.29) is 5.56 Å². The Morgan fingerprint density at radius 3 is 2.45 bits per heavy atom. The topological polar surface area (TPSA) is 51.2 Å². The largest absolute Gasteiger partial charge is 0.457 e. The second-order valence-electron chi connectivity index (χ2n) is 3.99. The Labute approximate surface area is 119 Å². The molecular formula is C12H9BrF4N2O. The Morgan fingerprint density at radius 1 is 1.25 bits per heavy atom. The first-order valence-corrected chi connectivity index (χ1v) is 6.19. The van der Waals surface area contributed by atoms with Crippen LogP contribution < -0.4 is 11.3 Å². The van der Waals surface area contributed by atoms with Gasteiger partial charge in [0.25, 0.3) is 0 Å². The number of hydrazine groups is 1. The molecule has 0 aliphatic rings. The molecule has 1 aromatic heterocycles. The number of halogens is 5. The lowest BCUT2D eigenvalue weighted by molar-refractivity contribution is -0.140. The second kappa shape index (κ2) is 5.55. The lowest BCUT2D eigenvalue weighted by Gasteiger charge is -2.17. The molecule has 3 nitrogen and oxygen atoms in total. The molecule has 0 spiro atoms. The molecule has 8 heteroatoms. The van der Waals surface area contributed by atoms with Crippen LogP contribution in [0, 0.1) is 5.82 Å². The molecule has 20 heavy (non-hydrogen) atoms. The zero-order valence-corrected chi connectivity index (χ0v) is 11.4. The average Bonchev–Trinajstić information content (AvgIpc) is 2.77. The van der Waals surface area contributed by atoms with Crippen LogP contribution in [-0.4, -0.2) is 0 Å². The predicted octanol–water partition coefficient (Wildman–Crippen LogP) is 3.75. The maximum Gasteiger partial charge on any atom is 0.419 e. The molecule has 0 radical (unpaired) electrons. The van der Waals surface area contributed by atoms with Crippen LogP contribution in [0.2, 0.25) is 0 Å². The SMILES string of the molecule is NNC(c1ccc(F)c(C(F)(F)F)c1)c1ccoc1Br. The van der Waals surface area contributed by atoms with Crippen molar-refractivity contribution >= 4 is 15.9 Å². The minimum absolute atomic E-state index is 0.170. The van der Waals surface area contributed by atoms with E-state index in [9.17, 15) is 17.6 Å². The monoisotopic (exact) mass is 352 g/mol. The summed E-state index contributed by atoms with van der Waals surface area (Å²) in [6.07, 6.45) is -3.41. The molecule has 3 N–H and O–H groups in total. The van der Waals surface area contributed by atoms with Gasteiger partial charge in [-0.05, 0) is 39.7 Å². The Bertz CT molecular complexity index is 612. The normalized spacial score (nSPS) is 13.5. The number of hydrogen-bond donors (Lipinski definition) is 2. The molecule has 1 unspecified atom stereocenters. The van der Waals surface area contributed by atoms with E-state index in [1.54, 1.807) is 6.07 Å². The van der Waals surface area contributed by atoms with Gasteiger partial charge in [-0.25, -0.2) is 9.82 Å². The van der Waals surface area contributed by atoms with Crippen molar-refractivity contribution in [2.24, 2.45) is 5.84 Å². The number of nitrogens with one attached hydrogen (secondary N) is 1. The number of nitrogens with two attached hydrogens (primary N) is 1. The molecular weight excluding hydrogens is 344 g/mol. The fraction of sp³-hybridized carbons (Fsp3) is 0.167. The Morgan fingerprint density at radius 2 is 1.95 bits per heavy atom. The van der Waals surface area contributed by atoms with Gasteiger partial charge in [-0.15, -0.1) is 0 Å². The van der Waals surface area contributed by atoms with Gasteiger partial charge in [0.15, 0.2) is 4.67 Å². The minimum atomic E-state index is -4.77. The van der Waals surface area contributed by atoms with Crippen LogP contribution in [0.5, 0.6) is 0 Å². The maximum atomic E-state index is 13.3. The lowest BCUT2D eigenvalue weighted by atomic mass is 9.99. The number of alkyl halides is 3. The summed E-state index contributed by atoms with van der Waals surface area (Å²) in [5, 5.41) is 0. The third-order valence-corrected chi connectivity index (χ3v) is 3.40. The van der Waals surface area contributed by atoms with Crippen molar-refractivity contribution in [2.75, 3.05) is 0 Å². The highest BCUT2D eigenvalue weighted by molar-refractivity contribution is 9.10. The Hall–Kier alpha value is -1.38. The molecule has 1 aromatic carbocycles. The number of hydrogen-bond acceptors (Lipinski definition) is 3. The first kappa shape index (κ1) is 15.0. The molecule has 1 heterocycles. The van der Waals surface area contributed by atoms with E-state index in [4.69, 9.17) is 10.3 Å². The molecule has 0 amide bonds. The molecule has 2 aromatic rings. The molecule has 0 saturated carbocycles. The highest BCUT2D eigenvalue weighted by Crippen LogP contribution is 2.35. The summed E-state index contributed by atoms with van der Waals surface area (Å²) in [4.78, 5) is 0. The van der Waals surface area contributed by atoms with Crippen molar-refractivity contribution in [3.8, 4) is 0 Å². The highest BCUT2D eigenvalue weighted by Gasteiger charge is 2.35. The summed E-state index contributed by atoms with van der Waals surface area (Å²) >= 11 is 3.12. The minimum Gasteiger partial charge on any atom is -0.457 e. The van der Waals surface area contributed by atoms with Crippen molar-refractivity contribution in [2.45, 2.75) is 12.2 Å². The van der Waals surface area contributed by atoms with E-state index in [1.807, 2.05) is 0 Å². The molecule has 0 aliphatic carbocycles. The second-order valence-corrected chi connectivity index (χ2v) is 4.71. The lowest BCUT2D eigenvalue weighted by Crippen LogP contribution is -2.29. The predicted molar refractivity (Wildman–Crippen MR) is 67.0 cm³/mol. The summed E-state index contributed by atoms with van der Waals surface area (Å²) in [5.41, 5.74) is 1.72. The summed E-state index contributed by atoms with van der Waals surface area (Å²) in [6, 6.07) is 3.50. The average molecular weight is 353 g/mol. The van der Waals surface area contributed by atoms with Gasteiger partial charge in [-0.1, -0.05) is 6.07 Å². The fourth-order valence-electron chi connectivity index (χ4n) is 1.82. The molecule has 0 bridgehead atoms. The van der Waals surface area contributed by atoms with Crippen molar-refractivity contribution in [3.63, 3.8) is 0 Å². The first-order chi connectivity index (χ1) is 9.34. The van der Waals surface area contributed by atoms with Gasteiger partial charge in [-0.2, -0.15) is 13.2 Å². The standard InChI is InChI=1S/C12H9BrF4N2O/c13-11-7(3-4-20-11)10(19-18)6-1-2-9(14)8(5-6)12(15,16)17/h1-5,10,19H,18H2. The van der Waals surface area contributed by atoms with Crippen LogP contribution >= 0.6 is 15.9 Å². The van der Waals surface area contributed by atoms with Gasteiger partial charge in [0.1, 0.15) is 5.82 Å². The van der Waals surface area contributed by atoms with Crippen LogP contribution in [0.3, 0.4) is 0 Å². The van der Waals surface area contributed by atoms with Gasteiger partial charge < -0.3 is 4.42 Å². The summed E-state index contributed by atoms with van der Waals surface area (Å²) in [7, 11) is 0. The van der Waals surface area contributed by atoms with Crippen LogP contribution in [0.25, 0.3) is 0 Å². The molecule has 0 aliphatic heterocycles. The van der Waals surface area contributed by atoms with Gasteiger partial charge in [0.05, 0.1) is 17.9 Å². The quantitative estimate of drug-likeness (QED) is 0.502. The van der Waals surface area contributed by atoms with E-state index < -0.39 is 23.6 Å². The third kappa shape index (κ3) is 2.87. The van der Waals surface area contributed by atoms with Crippen molar-refractivity contribution < 1.29 is 22.0 Å². The van der Waals surface area contributed by atoms with E-state index in [1.165, 1.54) is 12.3 Å². The van der Waals surface area contributed by atoms with Crippen LogP contribution in [0.4, 0.5) is 17.6 Å². The zero-order chi connectivity index (χ0) is 14.9. The number of rotatable bonds is 3. The van der Waals surface area contributed by atoms with E-state index in [2.05, 4.69) is 21.4 Å². The zero-order valence-electron chi connectivity index (χ0n) is 9.84. The third-order valence-electron chi connectivity index (χ3n) is 2.75. The molecule has 0 fully saturated rings. The van der Waals surface area contributed by atoms with Crippen molar-refractivity contribution in [1.29, 1.82) is 0 Å². The summed E-state index contributed by atoms with van der Waals surface area (Å²) in [6.45, 7) is 0. The van der Waals surface area contributed by atoms with Crippen molar-refractivity contribution in [1.82, 2.24) is 5.43 Å². The molecule has 2 rings (SSSR count). The maximum absolute atomic E-state index is 13.3. The Balaban J connectivity index is 2.49.